The molecule has 2 aromatic rings. The third-order valence-corrected chi connectivity index (χ3v) is 4.66. The van der Waals surface area contributed by atoms with Crippen LogP contribution < -0.4 is 4.72 Å². The Bertz CT molecular complexity index is 693. The van der Waals surface area contributed by atoms with E-state index in [1.165, 1.54) is 17.1 Å². The molecule has 1 aliphatic rings. The van der Waals surface area contributed by atoms with E-state index in [9.17, 15) is 8.42 Å². The molecule has 1 unspecified atom stereocenters. The Hall–Kier alpha value is -1.77. The van der Waals surface area contributed by atoms with Gasteiger partial charge in [-0.2, -0.15) is 5.10 Å². The number of ether oxygens (including phenoxy) is 1. The standard InChI is InChI=1S/C13H16N4O3S/c18-21(19,16-8-11-4-3-7-20-11)12-9-15-17(10-12)13-5-1-2-6-14-13/h1-2,5-6,9-11,16H,3-4,7-8H2. The van der Waals surface area contributed by atoms with E-state index in [-0.39, 0.29) is 17.5 Å². The first kappa shape index (κ1) is 14.2. The van der Waals surface area contributed by atoms with Crippen LogP contribution in [0.5, 0.6) is 0 Å². The zero-order valence-electron chi connectivity index (χ0n) is 11.3. The Labute approximate surface area is 123 Å². The number of aromatic nitrogens is 3. The number of nitrogens with zero attached hydrogens (tertiary/aromatic N) is 3. The van der Waals surface area contributed by atoms with Gasteiger partial charge >= 0.3 is 0 Å². The van der Waals surface area contributed by atoms with E-state index in [2.05, 4.69) is 14.8 Å². The summed E-state index contributed by atoms with van der Waals surface area (Å²) in [5, 5.41) is 4.04. The number of hydrogen-bond donors (Lipinski definition) is 1. The normalized spacial score (nSPS) is 19.0. The van der Waals surface area contributed by atoms with Crippen LogP contribution in [0.4, 0.5) is 0 Å². The Kier molecular flexibility index (Phi) is 4.00. The maximum Gasteiger partial charge on any atom is 0.243 e. The molecule has 7 nitrogen and oxygen atoms in total. The van der Waals surface area contributed by atoms with Crippen LogP contribution in [-0.4, -0.2) is 42.4 Å². The lowest BCUT2D eigenvalue weighted by molar-refractivity contribution is 0.114. The molecule has 3 heterocycles. The van der Waals surface area contributed by atoms with E-state index in [4.69, 9.17) is 4.74 Å². The molecule has 8 heteroatoms. The number of nitrogens with one attached hydrogen (secondary N) is 1. The van der Waals surface area contributed by atoms with Crippen LogP contribution in [0.25, 0.3) is 5.82 Å². The van der Waals surface area contributed by atoms with Crippen molar-refractivity contribution in [3.8, 4) is 5.82 Å². The average Bonchev–Trinajstić information content (AvgIpc) is 3.18. The van der Waals surface area contributed by atoms with Crippen LogP contribution in [0.1, 0.15) is 12.8 Å². The molecule has 0 aromatic carbocycles. The maximum absolute atomic E-state index is 12.2. The summed E-state index contributed by atoms with van der Waals surface area (Å²) in [6, 6.07) is 5.35. The van der Waals surface area contributed by atoms with Gasteiger partial charge in [0, 0.05) is 19.3 Å². The highest BCUT2D eigenvalue weighted by atomic mass is 32.2. The van der Waals surface area contributed by atoms with Crippen molar-refractivity contribution >= 4 is 10.0 Å². The molecule has 3 rings (SSSR count). The van der Waals surface area contributed by atoms with Gasteiger partial charge in [0.2, 0.25) is 10.0 Å². The molecule has 1 saturated heterocycles. The maximum atomic E-state index is 12.2. The van der Waals surface area contributed by atoms with Crippen LogP contribution in [0.15, 0.2) is 41.7 Å². The van der Waals surface area contributed by atoms with E-state index in [1.54, 1.807) is 18.3 Å². The van der Waals surface area contributed by atoms with Gasteiger partial charge in [-0.05, 0) is 25.0 Å². The first-order valence-electron chi connectivity index (χ1n) is 6.72. The third-order valence-electron chi connectivity index (χ3n) is 3.28. The highest BCUT2D eigenvalue weighted by Crippen LogP contribution is 2.13. The number of pyridine rings is 1. The molecule has 0 bridgehead atoms. The van der Waals surface area contributed by atoms with Crippen molar-refractivity contribution in [2.24, 2.45) is 0 Å². The Morgan fingerprint density at radius 3 is 3.05 bits per heavy atom. The molecule has 0 amide bonds. The first-order chi connectivity index (χ1) is 10.1. The molecule has 0 radical (unpaired) electrons. The van der Waals surface area contributed by atoms with Crippen LogP contribution >= 0.6 is 0 Å². The van der Waals surface area contributed by atoms with Gasteiger partial charge in [-0.25, -0.2) is 22.8 Å². The van der Waals surface area contributed by atoms with E-state index >= 15 is 0 Å². The zero-order chi connectivity index (χ0) is 14.7. The summed E-state index contributed by atoms with van der Waals surface area (Å²) < 4.78 is 33.8. The van der Waals surface area contributed by atoms with Crippen LogP contribution in [0.2, 0.25) is 0 Å². The molecular formula is C13H16N4O3S. The van der Waals surface area contributed by atoms with Gasteiger partial charge in [-0.15, -0.1) is 0 Å². The minimum absolute atomic E-state index is 0.0365. The molecule has 112 valence electrons. The number of rotatable bonds is 5. The summed E-state index contributed by atoms with van der Waals surface area (Å²) in [5.74, 6) is 0.568. The summed E-state index contributed by atoms with van der Waals surface area (Å²) in [7, 11) is -3.58. The predicted molar refractivity (Wildman–Crippen MR) is 75.5 cm³/mol. The van der Waals surface area contributed by atoms with Crippen molar-refractivity contribution in [1.82, 2.24) is 19.5 Å². The Balaban J connectivity index is 1.72. The summed E-state index contributed by atoms with van der Waals surface area (Å²) in [5.41, 5.74) is 0. The average molecular weight is 308 g/mol. The molecule has 1 aliphatic heterocycles. The SMILES string of the molecule is O=S(=O)(NCC1CCCO1)c1cnn(-c2ccccn2)c1. The van der Waals surface area contributed by atoms with Gasteiger partial charge in [0.25, 0.3) is 0 Å². The van der Waals surface area contributed by atoms with Crippen molar-refractivity contribution in [1.29, 1.82) is 0 Å². The Morgan fingerprint density at radius 1 is 1.43 bits per heavy atom. The van der Waals surface area contributed by atoms with Gasteiger partial charge in [0.05, 0.1) is 18.5 Å². The van der Waals surface area contributed by atoms with Gasteiger partial charge in [-0.1, -0.05) is 6.07 Å². The minimum atomic E-state index is -3.58. The topological polar surface area (TPSA) is 86.1 Å². The highest BCUT2D eigenvalue weighted by molar-refractivity contribution is 7.89. The lowest BCUT2D eigenvalue weighted by Gasteiger charge is -2.10. The lowest BCUT2D eigenvalue weighted by Crippen LogP contribution is -2.31. The largest absolute Gasteiger partial charge is 0.377 e. The van der Waals surface area contributed by atoms with E-state index in [1.807, 2.05) is 6.07 Å². The van der Waals surface area contributed by atoms with Crippen molar-refractivity contribution in [3.63, 3.8) is 0 Å². The van der Waals surface area contributed by atoms with Crippen LogP contribution in [-0.2, 0) is 14.8 Å². The molecule has 1 N–H and O–H groups in total. The summed E-state index contributed by atoms with van der Waals surface area (Å²) >= 11 is 0. The van der Waals surface area contributed by atoms with E-state index in [0.717, 1.165) is 12.8 Å². The fourth-order valence-corrected chi connectivity index (χ4v) is 3.15. The second kappa shape index (κ2) is 5.92. The summed E-state index contributed by atoms with van der Waals surface area (Å²) in [4.78, 5) is 4.24. The Morgan fingerprint density at radius 2 is 2.33 bits per heavy atom. The van der Waals surface area contributed by atoms with Crippen molar-refractivity contribution < 1.29 is 13.2 Å². The molecule has 1 fully saturated rings. The zero-order valence-corrected chi connectivity index (χ0v) is 12.2. The third kappa shape index (κ3) is 3.29. The molecule has 0 aliphatic carbocycles. The number of hydrogen-bond acceptors (Lipinski definition) is 5. The van der Waals surface area contributed by atoms with Crippen LogP contribution in [0.3, 0.4) is 0 Å². The van der Waals surface area contributed by atoms with Gasteiger partial charge < -0.3 is 4.74 Å². The quantitative estimate of drug-likeness (QED) is 0.880. The van der Waals surface area contributed by atoms with Crippen molar-refractivity contribution in [2.75, 3.05) is 13.2 Å². The minimum Gasteiger partial charge on any atom is -0.377 e. The lowest BCUT2D eigenvalue weighted by atomic mass is 10.2. The monoisotopic (exact) mass is 308 g/mol. The van der Waals surface area contributed by atoms with E-state index in [0.29, 0.717) is 12.4 Å². The second-order valence-electron chi connectivity index (χ2n) is 4.80. The smallest absolute Gasteiger partial charge is 0.243 e. The predicted octanol–water partition coefficient (Wildman–Crippen LogP) is 0.725. The first-order valence-corrected chi connectivity index (χ1v) is 8.21. The van der Waals surface area contributed by atoms with Gasteiger partial charge in [0.1, 0.15) is 4.90 Å². The fraction of sp³-hybridized carbons (Fsp3) is 0.385. The summed E-state index contributed by atoms with van der Waals surface area (Å²) in [6.45, 7) is 0.987. The number of sulfonamides is 1. The molecule has 1 atom stereocenters. The van der Waals surface area contributed by atoms with Gasteiger partial charge in [0.15, 0.2) is 5.82 Å². The molecule has 21 heavy (non-hydrogen) atoms. The summed E-state index contributed by atoms with van der Waals surface area (Å²) in [6.07, 6.45) is 6.21. The van der Waals surface area contributed by atoms with Gasteiger partial charge in [-0.3, -0.25) is 0 Å². The molecule has 0 spiro atoms. The van der Waals surface area contributed by atoms with Crippen LogP contribution in [0, 0.1) is 0 Å². The molecular weight excluding hydrogens is 292 g/mol. The molecule has 0 saturated carbocycles. The fourth-order valence-electron chi connectivity index (χ4n) is 2.15. The van der Waals surface area contributed by atoms with E-state index < -0.39 is 10.0 Å². The van der Waals surface area contributed by atoms with Crippen molar-refractivity contribution in [3.05, 3.63) is 36.8 Å². The van der Waals surface area contributed by atoms with Crippen molar-refractivity contribution in [2.45, 2.75) is 23.8 Å². The highest BCUT2D eigenvalue weighted by Gasteiger charge is 2.21. The second-order valence-corrected chi connectivity index (χ2v) is 6.56. The molecule has 2 aromatic heterocycles.